The molecule has 0 aromatic carbocycles. The van der Waals surface area contributed by atoms with Gasteiger partial charge in [0.2, 0.25) is 0 Å². The van der Waals surface area contributed by atoms with E-state index < -0.39 is 16.8 Å². The molecule has 0 amide bonds. The molecule has 0 aliphatic heterocycles. The van der Waals surface area contributed by atoms with Crippen LogP contribution in [0.15, 0.2) is 0 Å². The minimum Gasteiger partial charge on any atom is -0.465 e. The molecule has 0 aromatic heterocycles. The maximum absolute atomic E-state index is 12.1. The minimum atomic E-state index is -1.21. The smallest absolute Gasteiger partial charge is 0.320 e. The summed E-state index contributed by atoms with van der Waals surface area (Å²) >= 11 is 0. The average Bonchev–Trinajstić information content (AvgIpc) is 2.60. The Kier molecular flexibility index (Phi) is 4.30. The summed E-state index contributed by atoms with van der Waals surface area (Å²) in [5, 5.41) is 0. The Morgan fingerprint density at radius 2 is 1.94 bits per heavy atom. The molecule has 0 heterocycles. The van der Waals surface area contributed by atoms with Gasteiger partial charge >= 0.3 is 5.97 Å². The predicted molar refractivity (Wildman–Crippen MR) is 67.0 cm³/mol. The van der Waals surface area contributed by atoms with E-state index in [0.717, 1.165) is 0 Å². The second-order valence-electron chi connectivity index (χ2n) is 5.93. The van der Waals surface area contributed by atoms with E-state index in [-0.39, 0.29) is 24.6 Å². The molecule has 1 aliphatic carbocycles. The first-order chi connectivity index (χ1) is 8.24. The first-order valence-electron chi connectivity index (χ1n) is 6.48. The summed E-state index contributed by atoms with van der Waals surface area (Å²) in [6.45, 7) is 7.34. The van der Waals surface area contributed by atoms with Crippen molar-refractivity contribution in [1.29, 1.82) is 0 Å². The predicted octanol–water partition coefficient (Wildman–Crippen LogP) is 2.29. The van der Waals surface area contributed by atoms with E-state index in [4.69, 9.17) is 4.74 Å². The first-order valence-corrected chi connectivity index (χ1v) is 6.48. The van der Waals surface area contributed by atoms with E-state index in [2.05, 4.69) is 0 Å². The van der Waals surface area contributed by atoms with Gasteiger partial charge in [-0.05, 0) is 19.8 Å². The third-order valence-electron chi connectivity index (χ3n) is 3.51. The summed E-state index contributed by atoms with van der Waals surface area (Å²) in [5.74, 6) is -0.727. The maximum atomic E-state index is 12.1. The van der Waals surface area contributed by atoms with Gasteiger partial charge in [-0.3, -0.25) is 14.4 Å². The number of rotatable bonds is 4. The molecule has 0 spiro atoms. The van der Waals surface area contributed by atoms with Crippen molar-refractivity contribution in [2.45, 2.75) is 53.4 Å². The van der Waals surface area contributed by atoms with Crippen molar-refractivity contribution < 1.29 is 19.1 Å². The van der Waals surface area contributed by atoms with Crippen LogP contribution in [0.1, 0.15) is 53.4 Å². The average molecular weight is 254 g/mol. The lowest BCUT2D eigenvalue weighted by atomic mass is 9.75. The molecule has 1 aliphatic rings. The Morgan fingerprint density at radius 3 is 2.33 bits per heavy atom. The van der Waals surface area contributed by atoms with Gasteiger partial charge in [0.1, 0.15) is 11.2 Å². The highest BCUT2D eigenvalue weighted by molar-refractivity contribution is 6.08. The molecular weight excluding hydrogens is 232 g/mol. The van der Waals surface area contributed by atoms with Crippen LogP contribution in [0.25, 0.3) is 0 Å². The Balaban J connectivity index is 2.97. The topological polar surface area (TPSA) is 60.4 Å². The molecule has 4 nitrogen and oxygen atoms in total. The number of carbonyl (C=O) groups is 3. The first kappa shape index (κ1) is 14.9. The molecule has 0 bridgehead atoms. The standard InChI is InChI=1S/C14H22O4/c1-5-18-12(17)14(8-6-7-10(14)15)9-11(16)13(2,3)4/h5-9H2,1-4H3. The molecule has 1 rings (SSSR count). The third kappa shape index (κ3) is 2.79. The molecule has 18 heavy (non-hydrogen) atoms. The molecular formula is C14H22O4. The van der Waals surface area contributed by atoms with Crippen molar-refractivity contribution in [2.24, 2.45) is 10.8 Å². The van der Waals surface area contributed by atoms with Crippen molar-refractivity contribution >= 4 is 17.5 Å². The largest absolute Gasteiger partial charge is 0.465 e. The van der Waals surface area contributed by atoms with Crippen LogP contribution < -0.4 is 0 Å². The lowest BCUT2D eigenvalue weighted by Crippen LogP contribution is -2.41. The zero-order valence-corrected chi connectivity index (χ0v) is 11.7. The Labute approximate surface area is 108 Å². The highest BCUT2D eigenvalue weighted by atomic mass is 16.5. The third-order valence-corrected chi connectivity index (χ3v) is 3.51. The Hall–Kier alpha value is -1.19. The number of carbonyl (C=O) groups excluding carboxylic acids is 3. The van der Waals surface area contributed by atoms with Crippen LogP contribution in [0, 0.1) is 10.8 Å². The lowest BCUT2D eigenvalue weighted by molar-refractivity contribution is -0.161. The van der Waals surface area contributed by atoms with E-state index in [1.807, 2.05) is 0 Å². The zero-order chi connectivity index (χ0) is 14.0. The summed E-state index contributed by atoms with van der Waals surface area (Å²) < 4.78 is 5.00. The summed E-state index contributed by atoms with van der Waals surface area (Å²) in [6, 6.07) is 0. The molecule has 0 radical (unpaired) electrons. The number of ketones is 2. The maximum Gasteiger partial charge on any atom is 0.320 e. The Morgan fingerprint density at radius 1 is 1.33 bits per heavy atom. The minimum absolute atomic E-state index is 0.0197. The fourth-order valence-electron chi connectivity index (χ4n) is 2.21. The van der Waals surface area contributed by atoms with Crippen LogP contribution >= 0.6 is 0 Å². The number of esters is 1. The van der Waals surface area contributed by atoms with Gasteiger partial charge in [0.25, 0.3) is 0 Å². The molecule has 102 valence electrons. The van der Waals surface area contributed by atoms with Gasteiger partial charge in [0, 0.05) is 18.3 Å². The SMILES string of the molecule is CCOC(=O)C1(CC(=O)C(C)(C)C)CCCC1=O. The molecule has 0 saturated heterocycles. The van der Waals surface area contributed by atoms with Crippen molar-refractivity contribution in [3.05, 3.63) is 0 Å². The van der Waals surface area contributed by atoms with Gasteiger partial charge in [-0.25, -0.2) is 0 Å². The molecule has 4 heteroatoms. The van der Waals surface area contributed by atoms with Gasteiger partial charge in [-0.2, -0.15) is 0 Å². The van der Waals surface area contributed by atoms with Gasteiger partial charge < -0.3 is 4.74 Å². The normalized spacial score (nSPS) is 24.1. The summed E-state index contributed by atoms with van der Waals surface area (Å²) in [7, 11) is 0. The number of Topliss-reactive ketones (excluding diaryl/α,β-unsaturated/α-hetero) is 2. The second kappa shape index (κ2) is 5.21. The van der Waals surface area contributed by atoms with Crippen LogP contribution in [0.5, 0.6) is 0 Å². The number of hydrogen-bond donors (Lipinski definition) is 0. The van der Waals surface area contributed by atoms with Crippen LogP contribution in [-0.2, 0) is 19.1 Å². The highest BCUT2D eigenvalue weighted by Gasteiger charge is 2.51. The monoisotopic (exact) mass is 254 g/mol. The van der Waals surface area contributed by atoms with Gasteiger partial charge in [-0.1, -0.05) is 20.8 Å². The van der Waals surface area contributed by atoms with Gasteiger partial charge in [0.15, 0.2) is 5.78 Å². The van der Waals surface area contributed by atoms with E-state index in [0.29, 0.717) is 19.3 Å². The van der Waals surface area contributed by atoms with Gasteiger partial charge in [-0.15, -0.1) is 0 Å². The quantitative estimate of drug-likeness (QED) is 0.570. The molecule has 1 saturated carbocycles. The summed E-state index contributed by atoms with van der Waals surface area (Å²) in [4.78, 5) is 36.2. The van der Waals surface area contributed by atoms with Crippen molar-refractivity contribution in [1.82, 2.24) is 0 Å². The van der Waals surface area contributed by atoms with E-state index in [9.17, 15) is 14.4 Å². The van der Waals surface area contributed by atoms with Crippen molar-refractivity contribution in [3.8, 4) is 0 Å². The molecule has 0 N–H and O–H groups in total. The van der Waals surface area contributed by atoms with Crippen molar-refractivity contribution in [3.63, 3.8) is 0 Å². The second-order valence-corrected chi connectivity index (χ2v) is 5.93. The van der Waals surface area contributed by atoms with E-state index in [1.165, 1.54) is 0 Å². The summed E-state index contributed by atoms with van der Waals surface area (Å²) in [6.07, 6.45) is 1.45. The van der Waals surface area contributed by atoms with Crippen LogP contribution in [0.4, 0.5) is 0 Å². The molecule has 1 unspecified atom stereocenters. The van der Waals surface area contributed by atoms with Crippen molar-refractivity contribution in [2.75, 3.05) is 6.61 Å². The fourth-order valence-corrected chi connectivity index (χ4v) is 2.21. The van der Waals surface area contributed by atoms with Gasteiger partial charge in [0.05, 0.1) is 6.61 Å². The van der Waals surface area contributed by atoms with Crippen LogP contribution in [-0.4, -0.2) is 24.1 Å². The number of ether oxygens (including phenoxy) is 1. The fraction of sp³-hybridized carbons (Fsp3) is 0.786. The number of hydrogen-bond acceptors (Lipinski definition) is 4. The zero-order valence-electron chi connectivity index (χ0n) is 11.7. The van der Waals surface area contributed by atoms with Crippen LogP contribution in [0.3, 0.4) is 0 Å². The van der Waals surface area contributed by atoms with Crippen LogP contribution in [0.2, 0.25) is 0 Å². The molecule has 1 atom stereocenters. The Bertz CT molecular complexity index is 364. The lowest BCUT2D eigenvalue weighted by Gasteiger charge is -2.27. The molecule has 1 fully saturated rings. The van der Waals surface area contributed by atoms with E-state index >= 15 is 0 Å². The summed E-state index contributed by atoms with van der Waals surface area (Å²) in [5.41, 5.74) is -1.75. The van der Waals surface area contributed by atoms with E-state index in [1.54, 1.807) is 27.7 Å². The highest BCUT2D eigenvalue weighted by Crippen LogP contribution is 2.41. The molecule has 0 aromatic rings.